The van der Waals surface area contributed by atoms with Gasteiger partial charge in [0.25, 0.3) is 0 Å². The average molecular weight is 108 g/mol. The monoisotopic (exact) mass is 108 g/mol. The van der Waals surface area contributed by atoms with Gasteiger partial charge in [0.05, 0.1) is 0 Å². The Labute approximate surface area is 47.3 Å². The Morgan fingerprint density at radius 3 is 2.62 bits per heavy atom. The number of hydrogen-bond donors (Lipinski definition) is 1. The van der Waals surface area contributed by atoms with Crippen molar-refractivity contribution in [2.24, 2.45) is 0 Å². The molecule has 0 bridgehead atoms. The number of pyridine rings is 1. The van der Waals surface area contributed by atoms with Crippen molar-refractivity contribution in [1.82, 2.24) is 10.7 Å². The number of anilines is 1. The maximum absolute atomic E-state index is 6.94. The molecule has 0 atom stereocenters. The molecule has 0 amide bonds. The number of nitrogen functional groups attached to an aromatic ring is 1. The minimum absolute atomic E-state index is 0.213. The van der Waals surface area contributed by atoms with Crippen LogP contribution >= 0.6 is 0 Å². The van der Waals surface area contributed by atoms with Gasteiger partial charge >= 0.3 is 0 Å². The second-order valence-electron chi connectivity index (χ2n) is 1.45. The highest BCUT2D eigenvalue weighted by molar-refractivity contribution is 5.35. The molecular formula is C5H6N3. The van der Waals surface area contributed by atoms with Crippen molar-refractivity contribution in [3.05, 3.63) is 18.2 Å². The summed E-state index contributed by atoms with van der Waals surface area (Å²) in [6.45, 7) is 0. The van der Waals surface area contributed by atoms with E-state index in [2.05, 4.69) is 4.98 Å². The molecule has 1 radical (unpaired) electrons. The zero-order chi connectivity index (χ0) is 5.98. The summed E-state index contributed by atoms with van der Waals surface area (Å²) in [6, 6.07) is 4.93. The molecule has 3 heteroatoms. The Hall–Kier alpha value is -1.25. The van der Waals surface area contributed by atoms with Crippen molar-refractivity contribution in [2.75, 3.05) is 5.73 Å². The number of rotatable bonds is 0. The van der Waals surface area contributed by atoms with Crippen molar-refractivity contribution in [1.29, 1.82) is 0 Å². The summed E-state index contributed by atoms with van der Waals surface area (Å²) in [7, 11) is 0. The Kier molecular flexibility index (Phi) is 1.04. The molecule has 3 nitrogen and oxygen atoms in total. The van der Waals surface area contributed by atoms with Crippen molar-refractivity contribution in [3.63, 3.8) is 0 Å². The highest BCUT2D eigenvalue weighted by atomic mass is 14.9. The third kappa shape index (κ3) is 0.872. The molecule has 8 heavy (non-hydrogen) atoms. The first-order valence-electron chi connectivity index (χ1n) is 2.23. The van der Waals surface area contributed by atoms with Crippen LogP contribution in [0.5, 0.6) is 0 Å². The van der Waals surface area contributed by atoms with E-state index in [0.29, 0.717) is 5.82 Å². The maximum Gasteiger partial charge on any atom is 0.146 e. The summed E-state index contributed by atoms with van der Waals surface area (Å²) in [6.07, 6.45) is 0. The zero-order valence-corrected chi connectivity index (χ0v) is 4.26. The van der Waals surface area contributed by atoms with Crippen LogP contribution in [0.25, 0.3) is 0 Å². The van der Waals surface area contributed by atoms with Gasteiger partial charge in [-0.3, -0.25) is 5.73 Å². The van der Waals surface area contributed by atoms with Crippen LogP contribution in [0.15, 0.2) is 18.2 Å². The van der Waals surface area contributed by atoms with E-state index >= 15 is 0 Å². The van der Waals surface area contributed by atoms with E-state index in [9.17, 15) is 0 Å². The van der Waals surface area contributed by atoms with Crippen LogP contribution in [-0.2, 0) is 0 Å². The van der Waals surface area contributed by atoms with E-state index < -0.39 is 0 Å². The lowest BCUT2D eigenvalue weighted by atomic mass is 10.4. The normalized spacial score (nSPS) is 9.00. The molecule has 0 aliphatic heterocycles. The van der Waals surface area contributed by atoms with Crippen LogP contribution in [-0.4, -0.2) is 4.98 Å². The Morgan fingerprint density at radius 1 is 1.50 bits per heavy atom. The third-order valence-corrected chi connectivity index (χ3v) is 0.771. The molecule has 0 spiro atoms. The van der Waals surface area contributed by atoms with Crippen molar-refractivity contribution in [3.8, 4) is 0 Å². The largest absolute Gasteiger partial charge is 0.384 e. The number of nitrogens with two attached hydrogens (primary N) is 1. The summed E-state index contributed by atoms with van der Waals surface area (Å²) in [4.78, 5) is 3.62. The van der Waals surface area contributed by atoms with Crippen molar-refractivity contribution in [2.45, 2.75) is 0 Å². The molecule has 1 aromatic rings. The van der Waals surface area contributed by atoms with Gasteiger partial charge in [0.2, 0.25) is 0 Å². The standard InChI is InChI=1S/C5H6N3/c6-4-2-1-3-5(7)8-4/h1-3,6H,(H2,7,8). The summed E-state index contributed by atoms with van der Waals surface area (Å²) < 4.78 is 0. The molecule has 0 unspecified atom stereocenters. The van der Waals surface area contributed by atoms with Gasteiger partial charge in [-0.1, -0.05) is 6.07 Å². The fraction of sp³-hybridized carbons (Fsp3) is 0. The van der Waals surface area contributed by atoms with E-state index in [1.165, 1.54) is 0 Å². The van der Waals surface area contributed by atoms with Crippen molar-refractivity contribution < 1.29 is 0 Å². The predicted molar refractivity (Wildman–Crippen MR) is 31.4 cm³/mol. The zero-order valence-electron chi connectivity index (χ0n) is 4.26. The van der Waals surface area contributed by atoms with Crippen molar-refractivity contribution >= 4 is 11.6 Å². The highest BCUT2D eigenvalue weighted by Gasteiger charge is 1.84. The number of nitrogens with zero attached hydrogens (tertiary/aromatic N) is 1. The molecule has 3 N–H and O–H groups in total. The lowest BCUT2D eigenvalue weighted by molar-refractivity contribution is 1.26. The molecule has 1 aromatic heterocycles. The Bertz CT molecular complexity index is 168. The van der Waals surface area contributed by atoms with Gasteiger partial charge < -0.3 is 5.73 Å². The minimum Gasteiger partial charge on any atom is -0.384 e. The van der Waals surface area contributed by atoms with Crippen LogP contribution in [0.1, 0.15) is 0 Å². The number of hydrogen-bond acceptors (Lipinski definition) is 2. The predicted octanol–water partition coefficient (Wildman–Crippen LogP) is 0.578. The topological polar surface area (TPSA) is 62.7 Å². The fourth-order valence-electron chi connectivity index (χ4n) is 0.451. The van der Waals surface area contributed by atoms with Gasteiger partial charge in [-0.2, -0.15) is 0 Å². The van der Waals surface area contributed by atoms with Gasteiger partial charge in [-0.05, 0) is 12.1 Å². The molecule has 0 aliphatic rings. The number of nitrogens with one attached hydrogen (secondary N) is 1. The summed E-state index contributed by atoms with van der Waals surface area (Å²) in [5.41, 5.74) is 12.2. The van der Waals surface area contributed by atoms with Gasteiger partial charge in [0.1, 0.15) is 11.6 Å². The SMILES string of the molecule is [NH]c1cccc(N)n1. The lowest BCUT2D eigenvalue weighted by Gasteiger charge is -1.89. The smallest absolute Gasteiger partial charge is 0.146 e. The van der Waals surface area contributed by atoms with Gasteiger partial charge in [0.15, 0.2) is 0 Å². The number of aromatic nitrogens is 1. The van der Waals surface area contributed by atoms with E-state index in [1.807, 2.05) is 0 Å². The summed E-state index contributed by atoms with van der Waals surface area (Å²) in [5.74, 6) is 0.613. The molecule has 41 valence electrons. The first kappa shape index (κ1) is 4.90. The molecule has 0 saturated heterocycles. The Morgan fingerprint density at radius 2 is 2.25 bits per heavy atom. The van der Waals surface area contributed by atoms with Gasteiger partial charge in [-0.15, -0.1) is 0 Å². The molecule has 0 saturated carbocycles. The molecule has 1 heterocycles. The second kappa shape index (κ2) is 1.69. The summed E-state index contributed by atoms with van der Waals surface area (Å²) in [5, 5.41) is 0. The Balaban J connectivity index is 3.08. The third-order valence-electron chi connectivity index (χ3n) is 0.771. The molecule has 1 rings (SSSR count). The lowest BCUT2D eigenvalue weighted by Crippen LogP contribution is -1.88. The van der Waals surface area contributed by atoms with Gasteiger partial charge in [-0.25, -0.2) is 4.98 Å². The molecule has 0 aromatic carbocycles. The van der Waals surface area contributed by atoms with E-state index in [4.69, 9.17) is 11.5 Å². The minimum atomic E-state index is 0.213. The molecular weight excluding hydrogens is 102 g/mol. The molecule has 0 aliphatic carbocycles. The summed E-state index contributed by atoms with van der Waals surface area (Å²) >= 11 is 0. The molecule has 0 fully saturated rings. The fourth-order valence-corrected chi connectivity index (χ4v) is 0.451. The van der Waals surface area contributed by atoms with E-state index in [-0.39, 0.29) is 5.82 Å². The maximum atomic E-state index is 6.94. The van der Waals surface area contributed by atoms with Gasteiger partial charge in [0, 0.05) is 0 Å². The van der Waals surface area contributed by atoms with Crippen LogP contribution in [0.3, 0.4) is 0 Å². The quantitative estimate of drug-likeness (QED) is 0.528. The average Bonchev–Trinajstić information content (AvgIpc) is 1.64. The van der Waals surface area contributed by atoms with Crippen LogP contribution in [0, 0.1) is 0 Å². The van der Waals surface area contributed by atoms with E-state index in [1.54, 1.807) is 18.2 Å². The first-order chi connectivity index (χ1) is 3.79. The van der Waals surface area contributed by atoms with Crippen LogP contribution < -0.4 is 11.5 Å². The highest BCUT2D eigenvalue weighted by Crippen LogP contribution is 2.00. The van der Waals surface area contributed by atoms with E-state index in [0.717, 1.165) is 0 Å². The van der Waals surface area contributed by atoms with Crippen LogP contribution in [0.4, 0.5) is 11.6 Å². The first-order valence-corrected chi connectivity index (χ1v) is 2.23. The second-order valence-corrected chi connectivity index (χ2v) is 1.45. The van der Waals surface area contributed by atoms with Crippen LogP contribution in [0.2, 0.25) is 0 Å².